The van der Waals surface area contributed by atoms with Crippen LogP contribution in [0.25, 0.3) is 10.1 Å². The molecule has 0 aliphatic rings. The van der Waals surface area contributed by atoms with Crippen LogP contribution in [-0.4, -0.2) is 5.11 Å². The average Bonchev–Trinajstić information content (AvgIpc) is 2.90. The first kappa shape index (κ1) is 12.9. The van der Waals surface area contributed by atoms with Crippen molar-refractivity contribution in [2.45, 2.75) is 12.5 Å². The summed E-state index contributed by atoms with van der Waals surface area (Å²) in [6, 6.07) is 17.5. The minimum atomic E-state index is -0.582. The van der Waals surface area contributed by atoms with Crippen LogP contribution in [-0.2, 0) is 6.42 Å². The number of aliphatic hydroxyl groups is 1. The molecule has 0 saturated heterocycles. The molecule has 3 aromatic rings. The molecule has 2 nitrogen and oxygen atoms in total. The normalized spacial score (nSPS) is 12.2. The van der Waals surface area contributed by atoms with E-state index >= 15 is 0 Å². The third kappa shape index (κ3) is 2.44. The highest BCUT2D eigenvalue weighted by molar-refractivity contribution is 7.17. The number of benzene rings is 2. The van der Waals surface area contributed by atoms with Gasteiger partial charge in [0.1, 0.15) is 0 Å². The lowest BCUT2D eigenvalue weighted by Gasteiger charge is -2.10. The number of nitriles is 1. The second kappa shape index (κ2) is 5.46. The van der Waals surface area contributed by atoms with Gasteiger partial charge in [0.15, 0.2) is 0 Å². The van der Waals surface area contributed by atoms with Gasteiger partial charge in [-0.1, -0.05) is 30.3 Å². The molecule has 0 radical (unpaired) electrons. The van der Waals surface area contributed by atoms with E-state index in [1.165, 1.54) is 10.1 Å². The van der Waals surface area contributed by atoms with Crippen LogP contribution < -0.4 is 0 Å². The number of hydrogen-bond donors (Lipinski definition) is 1. The summed E-state index contributed by atoms with van der Waals surface area (Å²) in [5.74, 6) is 0. The third-order valence-electron chi connectivity index (χ3n) is 3.37. The van der Waals surface area contributed by atoms with Crippen LogP contribution in [0.1, 0.15) is 22.8 Å². The molecule has 0 spiro atoms. The number of rotatable bonds is 3. The first-order chi connectivity index (χ1) is 9.78. The summed E-state index contributed by atoms with van der Waals surface area (Å²) in [6.07, 6.45) is -0.0138. The Morgan fingerprint density at radius 2 is 2.00 bits per heavy atom. The summed E-state index contributed by atoms with van der Waals surface area (Å²) in [4.78, 5) is 0. The van der Waals surface area contributed by atoms with Gasteiger partial charge >= 0.3 is 0 Å². The van der Waals surface area contributed by atoms with Crippen molar-refractivity contribution in [1.82, 2.24) is 0 Å². The maximum atomic E-state index is 10.4. The number of aliphatic hydroxyl groups excluding tert-OH is 1. The van der Waals surface area contributed by atoms with Crippen molar-refractivity contribution in [3.8, 4) is 6.07 Å². The predicted molar refractivity (Wildman–Crippen MR) is 81.6 cm³/mol. The van der Waals surface area contributed by atoms with Crippen LogP contribution in [0.15, 0.2) is 53.9 Å². The minimum Gasteiger partial charge on any atom is -0.388 e. The highest BCUT2D eigenvalue weighted by atomic mass is 32.1. The number of fused-ring (bicyclic) bond motifs is 1. The van der Waals surface area contributed by atoms with Crippen LogP contribution >= 0.6 is 11.3 Å². The monoisotopic (exact) mass is 279 g/mol. The molecular formula is C17H13NOS. The zero-order valence-corrected chi connectivity index (χ0v) is 11.6. The Morgan fingerprint density at radius 3 is 2.85 bits per heavy atom. The summed E-state index contributed by atoms with van der Waals surface area (Å²) in [6.45, 7) is 0. The van der Waals surface area contributed by atoms with Gasteiger partial charge in [-0.2, -0.15) is 5.26 Å². The molecule has 98 valence electrons. The first-order valence-corrected chi connectivity index (χ1v) is 7.29. The Bertz CT molecular complexity index is 785. The molecule has 3 rings (SSSR count). The van der Waals surface area contributed by atoms with E-state index in [-0.39, 0.29) is 0 Å². The second-order valence-electron chi connectivity index (χ2n) is 4.71. The van der Waals surface area contributed by atoms with Crippen LogP contribution in [0.2, 0.25) is 0 Å². The lowest BCUT2D eigenvalue weighted by molar-refractivity contribution is 0.179. The molecule has 0 fully saturated rings. The van der Waals surface area contributed by atoms with Gasteiger partial charge in [0, 0.05) is 11.1 Å². The molecule has 0 bridgehead atoms. The average molecular weight is 279 g/mol. The molecule has 20 heavy (non-hydrogen) atoms. The van der Waals surface area contributed by atoms with E-state index in [0.717, 1.165) is 11.1 Å². The van der Waals surface area contributed by atoms with E-state index in [1.807, 2.05) is 24.3 Å². The van der Waals surface area contributed by atoms with Gasteiger partial charge in [-0.25, -0.2) is 0 Å². The van der Waals surface area contributed by atoms with Crippen molar-refractivity contribution in [3.05, 3.63) is 70.6 Å². The van der Waals surface area contributed by atoms with E-state index < -0.39 is 6.10 Å². The van der Waals surface area contributed by atoms with Crippen molar-refractivity contribution in [2.24, 2.45) is 0 Å². The van der Waals surface area contributed by atoms with E-state index in [4.69, 9.17) is 5.26 Å². The lowest BCUT2D eigenvalue weighted by Crippen LogP contribution is -2.01. The fourth-order valence-electron chi connectivity index (χ4n) is 2.33. The van der Waals surface area contributed by atoms with Crippen LogP contribution in [0.5, 0.6) is 0 Å². The van der Waals surface area contributed by atoms with Gasteiger partial charge in [0.25, 0.3) is 0 Å². The predicted octanol–water partition coefficient (Wildman–Crippen LogP) is 4.05. The Hall–Kier alpha value is -2.15. The summed E-state index contributed by atoms with van der Waals surface area (Å²) >= 11 is 1.70. The second-order valence-corrected chi connectivity index (χ2v) is 5.63. The largest absolute Gasteiger partial charge is 0.388 e. The molecule has 0 saturated carbocycles. The van der Waals surface area contributed by atoms with Crippen LogP contribution in [0, 0.1) is 11.3 Å². The lowest BCUT2D eigenvalue weighted by atomic mass is 10.00. The third-order valence-corrected chi connectivity index (χ3v) is 4.39. The van der Waals surface area contributed by atoms with Crippen LogP contribution in [0.3, 0.4) is 0 Å². The fraction of sp³-hybridized carbons (Fsp3) is 0.118. The van der Waals surface area contributed by atoms with Gasteiger partial charge in [0.2, 0.25) is 0 Å². The molecular weight excluding hydrogens is 266 g/mol. The molecule has 1 aromatic heterocycles. The molecule has 2 aromatic carbocycles. The van der Waals surface area contributed by atoms with E-state index in [0.29, 0.717) is 12.0 Å². The topological polar surface area (TPSA) is 44.0 Å². The quantitative estimate of drug-likeness (QED) is 0.786. The zero-order chi connectivity index (χ0) is 13.9. The maximum Gasteiger partial charge on any atom is 0.0991 e. The van der Waals surface area contributed by atoms with Gasteiger partial charge in [-0.05, 0) is 40.1 Å². The van der Waals surface area contributed by atoms with Crippen molar-refractivity contribution < 1.29 is 5.11 Å². The molecule has 0 amide bonds. The molecule has 1 heterocycles. The Balaban J connectivity index is 1.88. The number of thiophene rings is 1. The van der Waals surface area contributed by atoms with Crippen molar-refractivity contribution >= 4 is 21.4 Å². The Kier molecular flexibility index (Phi) is 3.51. The van der Waals surface area contributed by atoms with Crippen molar-refractivity contribution in [1.29, 1.82) is 5.26 Å². The van der Waals surface area contributed by atoms with Crippen LogP contribution in [0.4, 0.5) is 0 Å². The summed E-state index contributed by atoms with van der Waals surface area (Å²) in [5.41, 5.74) is 2.52. The van der Waals surface area contributed by atoms with Gasteiger partial charge in [-0.3, -0.25) is 0 Å². The minimum absolute atomic E-state index is 0.568. The fourth-order valence-corrected chi connectivity index (χ4v) is 3.31. The van der Waals surface area contributed by atoms with E-state index in [1.54, 1.807) is 23.5 Å². The summed E-state index contributed by atoms with van der Waals surface area (Å²) < 4.78 is 1.24. The smallest absolute Gasteiger partial charge is 0.0991 e. The van der Waals surface area contributed by atoms with E-state index in [9.17, 15) is 5.11 Å². The molecule has 0 aliphatic carbocycles. The SMILES string of the molecule is N#Cc1cccc(C(O)Cc2csc3ccccc23)c1. The number of nitrogens with zero attached hydrogens (tertiary/aromatic N) is 1. The molecule has 1 atom stereocenters. The molecule has 1 unspecified atom stereocenters. The van der Waals surface area contributed by atoms with Gasteiger partial charge < -0.3 is 5.11 Å². The maximum absolute atomic E-state index is 10.4. The summed E-state index contributed by atoms with van der Waals surface area (Å²) in [5, 5.41) is 22.6. The first-order valence-electron chi connectivity index (χ1n) is 6.41. The molecule has 0 aliphatic heterocycles. The van der Waals surface area contributed by atoms with E-state index in [2.05, 4.69) is 23.6 Å². The number of hydrogen-bond acceptors (Lipinski definition) is 3. The van der Waals surface area contributed by atoms with Gasteiger partial charge in [-0.15, -0.1) is 11.3 Å². The van der Waals surface area contributed by atoms with Crippen molar-refractivity contribution in [2.75, 3.05) is 0 Å². The molecule has 1 N–H and O–H groups in total. The standard InChI is InChI=1S/C17H13NOS/c18-10-12-4-3-5-13(8-12)16(19)9-14-11-20-17-7-2-1-6-15(14)17/h1-8,11,16,19H,9H2. The zero-order valence-electron chi connectivity index (χ0n) is 10.8. The van der Waals surface area contributed by atoms with Crippen molar-refractivity contribution in [3.63, 3.8) is 0 Å². The van der Waals surface area contributed by atoms with Gasteiger partial charge in [0.05, 0.1) is 17.7 Å². The molecule has 3 heteroatoms. The Morgan fingerprint density at radius 1 is 1.15 bits per heavy atom. The highest BCUT2D eigenvalue weighted by Crippen LogP contribution is 2.29. The summed E-state index contributed by atoms with van der Waals surface area (Å²) in [7, 11) is 0. The Labute approximate surface area is 121 Å². The highest BCUT2D eigenvalue weighted by Gasteiger charge is 2.12.